The molecule has 29 heavy (non-hydrogen) atoms. The van der Waals surface area contributed by atoms with Crippen molar-refractivity contribution in [2.24, 2.45) is 0 Å². The second kappa shape index (κ2) is 8.86. The predicted molar refractivity (Wildman–Crippen MR) is 107 cm³/mol. The molecule has 2 rings (SSSR count). The van der Waals surface area contributed by atoms with Crippen molar-refractivity contribution >= 4 is 27.3 Å². The zero-order valence-electron chi connectivity index (χ0n) is 16.4. The quantitative estimate of drug-likeness (QED) is 0.706. The van der Waals surface area contributed by atoms with Crippen LogP contribution < -0.4 is 9.62 Å². The molecule has 1 amide bonds. The van der Waals surface area contributed by atoms with E-state index in [-0.39, 0.29) is 25.1 Å². The van der Waals surface area contributed by atoms with Crippen molar-refractivity contribution in [1.82, 2.24) is 0 Å². The molecule has 2 aromatic carbocycles. The number of amides is 1. The summed E-state index contributed by atoms with van der Waals surface area (Å²) in [6.07, 6.45) is -3.05. The first-order chi connectivity index (χ1) is 13.4. The van der Waals surface area contributed by atoms with E-state index in [0.29, 0.717) is 5.69 Å². The molecule has 0 aliphatic heterocycles. The second-order valence-corrected chi connectivity index (χ2v) is 8.69. The van der Waals surface area contributed by atoms with Gasteiger partial charge in [-0.2, -0.15) is 13.2 Å². The van der Waals surface area contributed by atoms with Gasteiger partial charge in [-0.25, -0.2) is 8.42 Å². The Morgan fingerprint density at radius 3 is 2.24 bits per heavy atom. The molecule has 0 radical (unpaired) electrons. The summed E-state index contributed by atoms with van der Waals surface area (Å²) in [4.78, 5) is 12.1. The summed E-state index contributed by atoms with van der Waals surface area (Å²) >= 11 is 0. The molecule has 0 saturated heterocycles. The van der Waals surface area contributed by atoms with Crippen molar-refractivity contribution in [2.75, 3.05) is 22.4 Å². The van der Waals surface area contributed by atoms with Crippen LogP contribution in [0.1, 0.15) is 29.5 Å². The summed E-state index contributed by atoms with van der Waals surface area (Å²) in [7, 11) is -3.54. The number of alkyl halides is 3. The zero-order valence-corrected chi connectivity index (χ0v) is 17.2. The van der Waals surface area contributed by atoms with Gasteiger partial charge in [-0.15, -0.1) is 0 Å². The number of aryl methyl sites for hydroxylation is 1. The SMILES string of the molecule is Cc1cccc(N(CCCC(=O)Nc2ccc(C(F)(F)F)cc2)S(C)(=O)=O)c1C. The van der Waals surface area contributed by atoms with E-state index in [0.717, 1.165) is 29.5 Å². The number of halogens is 3. The Bertz CT molecular complexity index is 971. The molecular weight excluding hydrogens is 405 g/mol. The normalized spacial score (nSPS) is 11.9. The fourth-order valence-electron chi connectivity index (χ4n) is 2.82. The van der Waals surface area contributed by atoms with Crippen LogP contribution in [0.2, 0.25) is 0 Å². The number of nitrogens with one attached hydrogen (secondary N) is 1. The fourth-order valence-corrected chi connectivity index (χ4v) is 3.84. The van der Waals surface area contributed by atoms with Crippen molar-refractivity contribution in [3.63, 3.8) is 0 Å². The van der Waals surface area contributed by atoms with Gasteiger partial charge in [-0.3, -0.25) is 9.10 Å². The maximum Gasteiger partial charge on any atom is 0.416 e. The maximum atomic E-state index is 12.6. The minimum absolute atomic E-state index is 0.0257. The predicted octanol–water partition coefficient (Wildman–Crippen LogP) is 4.51. The molecule has 0 aliphatic rings. The summed E-state index contributed by atoms with van der Waals surface area (Å²) in [5.41, 5.74) is 1.81. The lowest BCUT2D eigenvalue weighted by atomic mass is 10.1. The van der Waals surface area contributed by atoms with E-state index in [1.807, 2.05) is 19.9 Å². The van der Waals surface area contributed by atoms with Gasteiger partial charge < -0.3 is 5.32 Å². The Morgan fingerprint density at radius 1 is 1.07 bits per heavy atom. The summed E-state index contributed by atoms with van der Waals surface area (Å²) < 4.78 is 63.4. The largest absolute Gasteiger partial charge is 0.416 e. The third-order valence-electron chi connectivity index (χ3n) is 4.51. The number of carbonyl (C=O) groups excluding carboxylic acids is 1. The lowest BCUT2D eigenvalue weighted by Crippen LogP contribution is -2.32. The molecular formula is C20H23F3N2O3S. The molecule has 0 aromatic heterocycles. The van der Waals surface area contributed by atoms with Crippen LogP contribution in [0.5, 0.6) is 0 Å². The Kier molecular flexibility index (Phi) is 6.94. The molecule has 0 unspecified atom stereocenters. The van der Waals surface area contributed by atoms with Crippen LogP contribution in [0.25, 0.3) is 0 Å². The summed E-state index contributed by atoms with van der Waals surface area (Å²) in [6.45, 7) is 3.83. The molecule has 0 bridgehead atoms. The van der Waals surface area contributed by atoms with Gasteiger partial charge >= 0.3 is 6.18 Å². The van der Waals surface area contributed by atoms with Gasteiger partial charge in [-0.1, -0.05) is 12.1 Å². The Balaban J connectivity index is 1.99. The van der Waals surface area contributed by atoms with Crippen LogP contribution in [-0.2, 0) is 21.0 Å². The summed E-state index contributed by atoms with van der Waals surface area (Å²) in [6, 6.07) is 9.51. The molecule has 2 aromatic rings. The van der Waals surface area contributed by atoms with Crippen LogP contribution >= 0.6 is 0 Å². The third kappa shape index (κ3) is 6.22. The minimum Gasteiger partial charge on any atom is -0.326 e. The van der Waals surface area contributed by atoms with Gasteiger partial charge in [-0.05, 0) is 61.7 Å². The number of carbonyl (C=O) groups is 1. The monoisotopic (exact) mass is 428 g/mol. The first kappa shape index (κ1) is 22.7. The van der Waals surface area contributed by atoms with Crippen LogP contribution in [0.15, 0.2) is 42.5 Å². The van der Waals surface area contributed by atoms with Crippen molar-refractivity contribution < 1.29 is 26.4 Å². The van der Waals surface area contributed by atoms with E-state index in [9.17, 15) is 26.4 Å². The van der Waals surface area contributed by atoms with Crippen LogP contribution in [-0.4, -0.2) is 27.1 Å². The number of hydrogen-bond donors (Lipinski definition) is 1. The van der Waals surface area contributed by atoms with E-state index in [1.165, 1.54) is 16.4 Å². The third-order valence-corrected chi connectivity index (χ3v) is 5.69. The molecule has 9 heteroatoms. The molecule has 5 nitrogen and oxygen atoms in total. The number of rotatable bonds is 7. The van der Waals surface area contributed by atoms with Crippen molar-refractivity contribution in [3.05, 3.63) is 59.2 Å². The van der Waals surface area contributed by atoms with E-state index in [2.05, 4.69) is 5.32 Å². The van der Waals surface area contributed by atoms with Crippen molar-refractivity contribution in [2.45, 2.75) is 32.9 Å². The van der Waals surface area contributed by atoms with E-state index >= 15 is 0 Å². The van der Waals surface area contributed by atoms with Crippen LogP contribution in [0.4, 0.5) is 24.5 Å². The number of hydrogen-bond acceptors (Lipinski definition) is 3. The number of nitrogens with zero attached hydrogens (tertiary/aromatic N) is 1. The highest BCUT2D eigenvalue weighted by molar-refractivity contribution is 7.92. The second-order valence-electron chi connectivity index (χ2n) is 6.78. The highest BCUT2D eigenvalue weighted by Gasteiger charge is 2.30. The average molecular weight is 428 g/mol. The lowest BCUT2D eigenvalue weighted by Gasteiger charge is -2.24. The summed E-state index contributed by atoms with van der Waals surface area (Å²) in [5, 5.41) is 2.52. The Labute approximate surface area is 168 Å². The smallest absolute Gasteiger partial charge is 0.326 e. The molecule has 158 valence electrons. The average Bonchev–Trinajstić information content (AvgIpc) is 2.60. The minimum atomic E-state index is -4.44. The molecule has 1 N–H and O–H groups in total. The zero-order chi connectivity index (χ0) is 21.8. The first-order valence-corrected chi connectivity index (χ1v) is 10.8. The van der Waals surface area contributed by atoms with Gasteiger partial charge in [0.25, 0.3) is 0 Å². The molecule has 0 fully saturated rings. The van der Waals surface area contributed by atoms with Crippen LogP contribution in [0, 0.1) is 13.8 Å². The van der Waals surface area contributed by atoms with Crippen molar-refractivity contribution in [1.29, 1.82) is 0 Å². The topological polar surface area (TPSA) is 66.5 Å². The van der Waals surface area contributed by atoms with Crippen LogP contribution in [0.3, 0.4) is 0 Å². The number of anilines is 2. The van der Waals surface area contributed by atoms with Gasteiger partial charge in [0, 0.05) is 18.7 Å². The van der Waals surface area contributed by atoms with Crippen molar-refractivity contribution in [3.8, 4) is 0 Å². The molecule has 0 spiro atoms. The molecule has 0 aliphatic carbocycles. The highest BCUT2D eigenvalue weighted by atomic mass is 32.2. The molecule has 0 atom stereocenters. The van der Waals surface area contributed by atoms with Gasteiger partial charge in [0.05, 0.1) is 17.5 Å². The van der Waals surface area contributed by atoms with E-state index < -0.39 is 27.7 Å². The highest BCUT2D eigenvalue weighted by Crippen LogP contribution is 2.30. The Morgan fingerprint density at radius 2 is 1.69 bits per heavy atom. The van der Waals surface area contributed by atoms with Gasteiger partial charge in [0.1, 0.15) is 0 Å². The molecule has 0 saturated carbocycles. The fraction of sp³-hybridized carbons (Fsp3) is 0.350. The van der Waals surface area contributed by atoms with Gasteiger partial charge in [0.15, 0.2) is 0 Å². The summed E-state index contributed by atoms with van der Waals surface area (Å²) in [5.74, 6) is -0.404. The maximum absolute atomic E-state index is 12.6. The van der Waals surface area contributed by atoms with E-state index in [4.69, 9.17) is 0 Å². The first-order valence-electron chi connectivity index (χ1n) is 8.90. The molecule has 0 heterocycles. The van der Waals surface area contributed by atoms with E-state index in [1.54, 1.807) is 12.1 Å². The number of benzene rings is 2. The van der Waals surface area contributed by atoms with Gasteiger partial charge in [0.2, 0.25) is 15.9 Å². The number of sulfonamides is 1. The lowest BCUT2D eigenvalue weighted by molar-refractivity contribution is -0.137. The standard InChI is InChI=1S/C20H23F3N2O3S/c1-14-6-4-7-18(15(14)2)25(29(3,27)28)13-5-8-19(26)24-17-11-9-16(10-12-17)20(21,22)23/h4,6-7,9-12H,5,8,13H2,1-3H3,(H,24,26). The Hall–Kier alpha value is -2.55.